The van der Waals surface area contributed by atoms with Crippen molar-refractivity contribution < 1.29 is 4.42 Å². The fourth-order valence-electron chi connectivity index (χ4n) is 2.17. The van der Waals surface area contributed by atoms with Crippen molar-refractivity contribution in [1.82, 2.24) is 4.57 Å². The van der Waals surface area contributed by atoms with Crippen molar-refractivity contribution in [3.63, 3.8) is 0 Å². The fraction of sp³-hybridized carbons (Fsp3) is 0.188. The predicted octanol–water partition coefficient (Wildman–Crippen LogP) is 3.57. The van der Waals surface area contributed by atoms with Crippen LogP contribution in [0.4, 0.5) is 0 Å². The van der Waals surface area contributed by atoms with Crippen molar-refractivity contribution in [2.45, 2.75) is 6.42 Å². The van der Waals surface area contributed by atoms with Crippen LogP contribution in [0, 0.1) is 0 Å². The smallest absolute Gasteiger partial charge is 0.297 e. The van der Waals surface area contributed by atoms with Crippen LogP contribution >= 0.6 is 11.6 Å². The summed E-state index contributed by atoms with van der Waals surface area (Å²) in [5.74, 6) is 0. The molecule has 0 N–H and O–H groups in total. The van der Waals surface area contributed by atoms with Crippen LogP contribution < -0.4 is 5.68 Å². The maximum atomic E-state index is 6.00. The molecule has 0 fully saturated rings. The van der Waals surface area contributed by atoms with E-state index in [4.69, 9.17) is 16.0 Å². The van der Waals surface area contributed by atoms with Gasteiger partial charge >= 0.3 is 0 Å². The largest absolute Gasteiger partial charge is 0.424 e. The van der Waals surface area contributed by atoms with E-state index in [0.29, 0.717) is 17.3 Å². The second-order valence-electron chi connectivity index (χ2n) is 4.67. The van der Waals surface area contributed by atoms with Crippen LogP contribution in [-0.4, -0.2) is 11.1 Å². The maximum Gasteiger partial charge on any atom is 0.297 e. The van der Waals surface area contributed by atoms with Crippen LogP contribution in [0.5, 0.6) is 0 Å². The Bertz CT molecular complexity index is 787. The first-order valence-electron chi connectivity index (χ1n) is 6.53. The average molecular weight is 287 g/mol. The molecule has 1 aromatic heterocycles. The van der Waals surface area contributed by atoms with E-state index in [0.717, 1.165) is 17.5 Å². The normalized spacial score (nSPS) is 12.2. The molecule has 0 saturated carbocycles. The van der Waals surface area contributed by atoms with Gasteiger partial charge in [-0.1, -0.05) is 41.9 Å². The highest BCUT2D eigenvalue weighted by molar-refractivity contribution is 6.31. The number of fused-ring (bicyclic) bond motifs is 1. The third-order valence-electron chi connectivity index (χ3n) is 3.26. The standard InChI is InChI=1S/C16H15ClN2O/c1-19-14-11-13(17)7-8-15(14)20-16(19)18-10-9-12-5-3-2-4-6-12/h2-8,11H,9-10H2,1H3. The van der Waals surface area contributed by atoms with E-state index in [1.807, 2.05) is 48.0 Å². The quantitative estimate of drug-likeness (QED) is 0.724. The lowest BCUT2D eigenvalue weighted by molar-refractivity contribution is 0.499. The van der Waals surface area contributed by atoms with Gasteiger partial charge in [-0.2, -0.15) is 0 Å². The minimum Gasteiger partial charge on any atom is -0.424 e. The van der Waals surface area contributed by atoms with Gasteiger partial charge in [-0.15, -0.1) is 0 Å². The third-order valence-corrected chi connectivity index (χ3v) is 3.50. The third kappa shape index (κ3) is 2.63. The lowest BCUT2D eigenvalue weighted by Gasteiger charge is -1.96. The predicted molar refractivity (Wildman–Crippen MR) is 80.8 cm³/mol. The molecule has 4 heteroatoms. The van der Waals surface area contributed by atoms with E-state index in [1.54, 1.807) is 0 Å². The summed E-state index contributed by atoms with van der Waals surface area (Å²) < 4.78 is 7.65. The second kappa shape index (κ2) is 5.55. The van der Waals surface area contributed by atoms with Gasteiger partial charge in [-0.25, -0.2) is 4.99 Å². The second-order valence-corrected chi connectivity index (χ2v) is 5.11. The van der Waals surface area contributed by atoms with Crippen molar-refractivity contribution >= 4 is 22.7 Å². The lowest BCUT2D eigenvalue weighted by atomic mass is 10.2. The Morgan fingerprint density at radius 1 is 1.15 bits per heavy atom. The van der Waals surface area contributed by atoms with Crippen molar-refractivity contribution in [3.8, 4) is 0 Å². The van der Waals surface area contributed by atoms with Gasteiger partial charge in [0, 0.05) is 18.6 Å². The number of aryl methyl sites for hydroxylation is 1. The summed E-state index contributed by atoms with van der Waals surface area (Å²) in [4.78, 5) is 4.52. The molecule has 0 amide bonds. The SMILES string of the molecule is Cn1c(=NCCc2ccccc2)oc2ccc(Cl)cc21. The number of benzene rings is 2. The van der Waals surface area contributed by atoms with E-state index < -0.39 is 0 Å². The summed E-state index contributed by atoms with van der Waals surface area (Å²) >= 11 is 6.00. The molecule has 20 heavy (non-hydrogen) atoms. The summed E-state index contributed by atoms with van der Waals surface area (Å²) in [6.45, 7) is 0.700. The molecule has 0 saturated heterocycles. The summed E-state index contributed by atoms with van der Waals surface area (Å²) in [6, 6.07) is 15.9. The number of halogens is 1. The molecule has 1 heterocycles. The Kier molecular flexibility index (Phi) is 3.61. The molecular weight excluding hydrogens is 272 g/mol. The van der Waals surface area contributed by atoms with Crippen LogP contribution in [0.1, 0.15) is 5.56 Å². The van der Waals surface area contributed by atoms with Crippen LogP contribution in [0.25, 0.3) is 11.1 Å². The molecule has 3 aromatic rings. The van der Waals surface area contributed by atoms with E-state index in [9.17, 15) is 0 Å². The molecular formula is C16H15ClN2O. The van der Waals surface area contributed by atoms with E-state index in [-0.39, 0.29) is 0 Å². The molecule has 3 nitrogen and oxygen atoms in total. The van der Waals surface area contributed by atoms with Gasteiger partial charge < -0.3 is 4.42 Å². The summed E-state index contributed by atoms with van der Waals surface area (Å²) in [7, 11) is 1.93. The van der Waals surface area contributed by atoms with E-state index in [2.05, 4.69) is 17.1 Å². The van der Waals surface area contributed by atoms with Gasteiger partial charge in [0.05, 0.1) is 5.52 Å². The van der Waals surface area contributed by atoms with Crippen LogP contribution in [0.3, 0.4) is 0 Å². The molecule has 0 atom stereocenters. The van der Waals surface area contributed by atoms with Gasteiger partial charge in [0.2, 0.25) is 0 Å². The van der Waals surface area contributed by atoms with Gasteiger partial charge in [0.25, 0.3) is 5.68 Å². The average Bonchev–Trinajstić information content (AvgIpc) is 2.77. The highest BCUT2D eigenvalue weighted by Crippen LogP contribution is 2.17. The zero-order chi connectivity index (χ0) is 13.9. The summed E-state index contributed by atoms with van der Waals surface area (Å²) in [6.07, 6.45) is 0.901. The van der Waals surface area contributed by atoms with Crippen molar-refractivity contribution in [2.75, 3.05) is 6.54 Å². The molecule has 0 radical (unpaired) electrons. The molecule has 0 unspecified atom stereocenters. The number of hydrogen-bond donors (Lipinski definition) is 0. The molecule has 102 valence electrons. The Hall–Kier alpha value is -2.00. The molecule has 0 spiro atoms. The number of oxazole rings is 1. The first-order valence-corrected chi connectivity index (χ1v) is 6.91. The first kappa shape index (κ1) is 13.0. The Labute approximate surface area is 122 Å². The zero-order valence-electron chi connectivity index (χ0n) is 11.2. The molecule has 0 bridgehead atoms. The van der Waals surface area contributed by atoms with Gasteiger partial charge in [0.15, 0.2) is 5.58 Å². The van der Waals surface area contributed by atoms with Gasteiger partial charge in [-0.3, -0.25) is 4.57 Å². The minimum absolute atomic E-state index is 0.623. The van der Waals surface area contributed by atoms with Crippen molar-refractivity contribution in [2.24, 2.45) is 12.0 Å². The molecule has 0 aliphatic rings. The van der Waals surface area contributed by atoms with Crippen molar-refractivity contribution in [1.29, 1.82) is 0 Å². The van der Waals surface area contributed by atoms with Crippen LogP contribution in [0.15, 0.2) is 57.9 Å². The van der Waals surface area contributed by atoms with Crippen LogP contribution in [-0.2, 0) is 13.5 Å². The van der Waals surface area contributed by atoms with Crippen molar-refractivity contribution in [3.05, 3.63) is 64.8 Å². The minimum atomic E-state index is 0.623. The van der Waals surface area contributed by atoms with E-state index >= 15 is 0 Å². The number of nitrogens with zero attached hydrogens (tertiary/aromatic N) is 2. The first-order chi connectivity index (χ1) is 9.74. The molecule has 2 aromatic carbocycles. The monoisotopic (exact) mass is 286 g/mol. The highest BCUT2D eigenvalue weighted by Gasteiger charge is 2.04. The Morgan fingerprint density at radius 2 is 1.95 bits per heavy atom. The Morgan fingerprint density at radius 3 is 2.75 bits per heavy atom. The topological polar surface area (TPSA) is 30.4 Å². The highest BCUT2D eigenvalue weighted by atomic mass is 35.5. The van der Waals surface area contributed by atoms with E-state index in [1.165, 1.54) is 5.56 Å². The molecule has 3 rings (SSSR count). The number of rotatable bonds is 3. The fourth-order valence-corrected chi connectivity index (χ4v) is 2.34. The van der Waals surface area contributed by atoms with Crippen LogP contribution in [0.2, 0.25) is 5.02 Å². The Balaban J connectivity index is 1.86. The van der Waals surface area contributed by atoms with Gasteiger partial charge in [0.1, 0.15) is 0 Å². The number of aromatic nitrogens is 1. The molecule has 0 aliphatic heterocycles. The summed E-state index contributed by atoms with van der Waals surface area (Å²) in [5, 5.41) is 0.699. The van der Waals surface area contributed by atoms with Gasteiger partial charge in [-0.05, 0) is 30.2 Å². The lowest BCUT2D eigenvalue weighted by Crippen LogP contribution is -2.13. The maximum absolute atomic E-state index is 6.00. The number of hydrogen-bond acceptors (Lipinski definition) is 2. The zero-order valence-corrected chi connectivity index (χ0v) is 12.0. The molecule has 0 aliphatic carbocycles. The summed E-state index contributed by atoms with van der Waals surface area (Å²) in [5.41, 5.74) is 3.66.